The van der Waals surface area contributed by atoms with Crippen LogP contribution in [0.15, 0.2) is 18.2 Å². The van der Waals surface area contributed by atoms with Crippen molar-refractivity contribution in [1.82, 2.24) is 0 Å². The van der Waals surface area contributed by atoms with Gasteiger partial charge in [0.1, 0.15) is 5.69 Å². The number of esters is 1. The van der Waals surface area contributed by atoms with Gasteiger partial charge in [0.2, 0.25) is 0 Å². The van der Waals surface area contributed by atoms with Crippen LogP contribution in [0.25, 0.3) is 0 Å². The van der Waals surface area contributed by atoms with E-state index in [-0.39, 0.29) is 23.0 Å². The Labute approximate surface area is 118 Å². The minimum Gasteiger partial charge on any atom is -0.465 e. The van der Waals surface area contributed by atoms with E-state index in [0.717, 1.165) is 0 Å². The Morgan fingerprint density at radius 3 is 2.70 bits per heavy atom. The molecule has 0 saturated heterocycles. The van der Waals surface area contributed by atoms with Crippen molar-refractivity contribution in [2.75, 3.05) is 24.4 Å². The van der Waals surface area contributed by atoms with Crippen molar-refractivity contribution in [3.8, 4) is 0 Å². The molecule has 0 saturated carbocycles. The van der Waals surface area contributed by atoms with Crippen LogP contribution in [0.1, 0.15) is 17.3 Å². The van der Waals surface area contributed by atoms with E-state index >= 15 is 0 Å². The minimum atomic E-state index is -1.03. The van der Waals surface area contributed by atoms with Gasteiger partial charge in [-0.3, -0.25) is 14.3 Å². The van der Waals surface area contributed by atoms with Crippen molar-refractivity contribution in [2.24, 2.45) is 0 Å². The summed E-state index contributed by atoms with van der Waals surface area (Å²) in [4.78, 5) is 21.9. The average Bonchev–Trinajstić information content (AvgIpc) is 2.36. The van der Waals surface area contributed by atoms with E-state index in [1.54, 1.807) is 13.2 Å². The number of nitrogens with one attached hydrogen (secondary N) is 1. The molecule has 0 amide bonds. The Bertz CT molecular complexity index is 547. The zero-order valence-electron chi connectivity index (χ0n) is 11.4. The van der Waals surface area contributed by atoms with E-state index in [0.29, 0.717) is 5.75 Å². The number of nitro benzene ring substituents is 1. The molecule has 0 aliphatic rings. The van der Waals surface area contributed by atoms with Crippen molar-refractivity contribution < 1.29 is 18.7 Å². The summed E-state index contributed by atoms with van der Waals surface area (Å²) >= 11 is 0. The first-order valence-electron chi connectivity index (χ1n) is 5.78. The standard InChI is InChI=1S/C12H16N2O5S/c1-8(7-20(3)18)13-10-6-9(12(15)19-2)4-5-11(10)14(16)17/h4-6,8,13H,7H2,1-3H3. The van der Waals surface area contributed by atoms with E-state index in [9.17, 15) is 19.1 Å². The molecule has 0 radical (unpaired) electrons. The second kappa shape index (κ2) is 6.99. The maximum Gasteiger partial charge on any atom is 0.337 e. The van der Waals surface area contributed by atoms with Crippen LogP contribution in [-0.2, 0) is 15.5 Å². The van der Waals surface area contributed by atoms with Crippen LogP contribution in [0, 0.1) is 10.1 Å². The van der Waals surface area contributed by atoms with Gasteiger partial charge in [0, 0.05) is 34.9 Å². The van der Waals surface area contributed by atoms with Gasteiger partial charge in [-0.1, -0.05) is 0 Å². The molecule has 2 unspecified atom stereocenters. The summed E-state index contributed by atoms with van der Waals surface area (Å²) in [5, 5.41) is 13.9. The first-order valence-corrected chi connectivity index (χ1v) is 7.51. The molecule has 8 heteroatoms. The van der Waals surface area contributed by atoms with Gasteiger partial charge < -0.3 is 10.1 Å². The zero-order chi connectivity index (χ0) is 15.3. The number of carbonyl (C=O) groups is 1. The fraction of sp³-hybridized carbons (Fsp3) is 0.417. The summed E-state index contributed by atoms with van der Waals surface area (Å²) in [5.74, 6) is -0.228. The molecule has 1 N–H and O–H groups in total. The Kier molecular flexibility index (Phi) is 5.63. The van der Waals surface area contributed by atoms with Crippen molar-refractivity contribution in [2.45, 2.75) is 13.0 Å². The summed E-state index contributed by atoms with van der Waals surface area (Å²) in [5.41, 5.74) is 0.271. The Morgan fingerprint density at radius 2 is 2.20 bits per heavy atom. The number of hydrogen-bond acceptors (Lipinski definition) is 6. The average molecular weight is 300 g/mol. The van der Waals surface area contributed by atoms with E-state index in [1.807, 2.05) is 0 Å². The molecule has 2 atom stereocenters. The number of hydrogen-bond donors (Lipinski definition) is 1. The van der Waals surface area contributed by atoms with Crippen LogP contribution in [-0.4, -0.2) is 40.3 Å². The van der Waals surface area contributed by atoms with E-state index < -0.39 is 21.7 Å². The number of nitrogens with zero attached hydrogens (tertiary/aromatic N) is 1. The highest BCUT2D eigenvalue weighted by Crippen LogP contribution is 2.26. The van der Waals surface area contributed by atoms with Crippen LogP contribution >= 0.6 is 0 Å². The Hall–Kier alpha value is -1.96. The monoisotopic (exact) mass is 300 g/mol. The molecule has 20 heavy (non-hydrogen) atoms. The van der Waals surface area contributed by atoms with Gasteiger partial charge >= 0.3 is 5.97 Å². The molecule has 7 nitrogen and oxygen atoms in total. The molecule has 0 spiro atoms. The Morgan fingerprint density at radius 1 is 1.55 bits per heavy atom. The van der Waals surface area contributed by atoms with Crippen molar-refractivity contribution >= 4 is 28.1 Å². The molecule has 0 aromatic heterocycles. The lowest BCUT2D eigenvalue weighted by atomic mass is 10.1. The lowest BCUT2D eigenvalue weighted by Crippen LogP contribution is -2.23. The van der Waals surface area contributed by atoms with Crippen LogP contribution in [0.4, 0.5) is 11.4 Å². The summed E-state index contributed by atoms with van der Waals surface area (Å²) in [6, 6.07) is 3.70. The van der Waals surface area contributed by atoms with E-state index in [1.165, 1.54) is 25.3 Å². The maximum atomic E-state index is 11.4. The van der Waals surface area contributed by atoms with Gasteiger partial charge in [0.05, 0.1) is 17.6 Å². The molecule has 0 heterocycles. The second-order valence-electron chi connectivity index (χ2n) is 4.27. The Balaban J connectivity index is 3.08. The maximum absolute atomic E-state index is 11.4. The minimum absolute atomic E-state index is 0.147. The lowest BCUT2D eigenvalue weighted by molar-refractivity contribution is -0.384. The third-order valence-electron chi connectivity index (χ3n) is 2.50. The smallest absolute Gasteiger partial charge is 0.337 e. The van der Waals surface area contributed by atoms with Crippen molar-refractivity contribution in [1.29, 1.82) is 0 Å². The molecule has 0 bridgehead atoms. The first kappa shape index (κ1) is 16.1. The molecular formula is C12H16N2O5S. The summed E-state index contributed by atoms with van der Waals surface area (Å²) in [7, 11) is 0.209. The number of nitro groups is 1. The fourth-order valence-electron chi connectivity index (χ4n) is 1.71. The summed E-state index contributed by atoms with van der Waals surface area (Å²) in [6.07, 6.45) is 1.55. The van der Waals surface area contributed by atoms with Gasteiger partial charge in [0.25, 0.3) is 5.69 Å². The lowest BCUT2D eigenvalue weighted by Gasteiger charge is -2.14. The number of benzene rings is 1. The van der Waals surface area contributed by atoms with Crippen LogP contribution < -0.4 is 5.32 Å². The van der Waals surface area contributed by atoms with Gasteiger partial charge in [-0.05, 0) is 19.1 Å². The highest BCUT2D eigenvalue weighted by molar-refractivity contribution is 7.84. The first-order chi connectivity index (χ1) is 9.35. The molecule has 0 aliphatic carbocycles. The van der Waals surface area contributed by atoms with Gasteiger partial charge in [0.15, 0.2) is 0 Å². The summed E-state index contributed by atoms with van der Waals surface area (Å²) in [6.45, 7) is 1.76. The fourth-order valence-corrected chi connectivity index (χ4v) is 2.50. The molecule has 1 aromatic carbocycles. The van der Waals surface area contributed by atoms with Crippen molar-refractivity contribution in [3.05, 3.63) is 33.9 Å². The molecular weight excluding hydrogens is 284 g/mol. The topological polar surface area (TPSA) is 98.5 Å². The quantitative estimate of drug-likeness (QED) is 0.486. The molecule has 110 valence electrons. The van der Waals surface area contributed by atoms with Crippen LogP contribution in [0.2, 0.25) is 0 Å². The van der Waals surface area contributed by atoms with E-state index in [4.69, 9.17) is 0 Å². The third-order valence-corrected chi connectivity index (χ3v) is 3.47. The van der Waals surface area contributed by atoms with E-state index in [2.05, 4.69) is 10.1 Å². The normalized spacial score (nSPS) is 13.3. The third kappa shape index (κ3) is 4.30. The van der Waals surface area contributed by atoms with Gasteiger partial charge in [-0.25, -0.2) is 4.79 Å². The number of carbonyl (C=O) groups excluding carboxylic acids is 1. The highest BCUT2D eigenvalue weighted by atomic mass is 32.2. The summed E-state index contributed by atoms with van der Waals surface area (Å²) < 4.78 is 15.7. The van der Waals surface area contributed by atoms with Crippen LogP contribution in [0.5, 0.6) is 0 Å². The predicted molar refractivity (Wildman–Crippen MR) is 76.5 cm³/mol. The van der Waals surface area contributed by atoms with Gasteiger partial charge in [-0.15, -0.1) is 0 Å². The number of methoxy groups -OCH3 is 1. The number of rotatable bonds is 6. The second-order valence-corrected chi connectivity index (χ2v) is 5.75. The van der Waals surface area contributed by atoms with Crippen molar-refractivity contribution in [3.63, 3.8) is 0 Å². The molecule has 0 fully saturated rings. The number of anilines is 1. The number of ether oxygens (including phenoxy) is 1. The molecule has 1 rings (SSSR count). The van der Waals surface area contributed by atoms with Gasteiger partial charge in [-0.2, -0.15) is 0 Å². The molecule has 1 aromatic rings. The SMILES string of the molecule is COC(=O)c1ccc([N+](=O)[O-])c(NC(C)CS(C)=O)c1. The predicted octanol–water partition coefficient (Wildman–Crippen LogP) is 1.56. The molecule has 0 aliphatic heterocycles. The van der Waals surface area contributed by atoms with Crippen LogP contribution in [0.3, 0.4) is 0 Å². The largest absolute Gasteiger partial charge is 0.465 e. The zero-order valence-corrected chi connectivity index (χ0v) is 12.2. The highest BCUT2D eigenvalue weighted by Gasteiger charge is 2.18.